The highest BCUT2D eigenvalue weighted by molar-refractivity contribution is 5.89. The van der Waals surface area contributed by atoms with Crippen LogP contribution in [-0.2, 0) is 10.2 Å². The number of nitrogens with one attached hydrogen (secondary N) is 1. The van der Waals surface area contributed by atoms with Gasteiger partial charge in [0.1, 0.15) is 0 Å². The Morgan fingerprint density at radius 3 is 2.33 bits per heavy atom. The van der Waals surface area contributed by atoms with Gasteiger partial charge >= 0.3 is 0 Å². The van der Waals surface area contributed by atoms with E-state index in [-0.39, 0.29) is 17.4 Å². The van der Waals surface area contributed by atoms with Gasteiger partial charge in [-0.15, -0.1) is 0 Å². The largest absolute Gasteiger partial charge is 0.349 e. The minimum absolute atomic E-state index is 0.0271. The summed E-state index contributed by atoms with van der Waals surface area (Å²) in [5, 5.41) is 3.30. The van der Waals surface area contributed by atoms with Crippen molar-refractivity contribution in [2.75, 3.05) is 0 Å². The third-order valence-corrected chi connectivity index (χ3v) is 5.46. The average Bonchev–Trinajstić information content (AvgIpc) is 3.06. The molecule has 1 aliphatic carbocycles. The third kappa shape index (κ3) is 3.10. The summed E-state index contributed by atoms with van der Waals surface area (Å²) in [6, 6.07) is 16.8. The molecular formula is C22H27NO. The van der Waals surface area contributed by atoms with Crippen LogP contribution in [0.1, 0.15) is 60.9 Å². The van der Waals surface area contributed by atoms with Gasteiger partial charge in [0.25, 0.3) is 0 Å². The standard InChI is InChI=1S/C22H27NO/c1-16-11-12-20(17(2)15-16)18(3)23-21(24)22(13-7-8-14-22)19-9-5-4-6-10-19/h4-6,9-12,15,18H,7-8,13-14H2,1-3H3,(H,23,24)/t18-/m0/s1. The second-order valence-corrected chi connectivity index (χ2v) is 7.21. The number of amides is 1. The molecule has 1 saturated carbocycles. The van der Waals surface area contributed by atoms with Gasteiger partial charge < -0.3 is 5.32 Å². The van der Waals surface area contributed by atoms with E-state index in [4.69, 9.17) is 0 Å². The molecule has 3 rings (SSSR count). The lowest BCUT2D eigenvalue weighted by atomic mass is 9.77. The first-order valence-corrected chi connectivity index (χ1v) is 8.96. The van der Waals surface area contributed by atoms with Crippen LogP contribution >= 0.6 is 0 Å². The van der Waals surface area contributed by atoms with Gasteiger partial charge in [0.05, 0.1) is 11.5 Å². The van der Waals surface area contributed by atoms with Crippen LogP contribution in [0, 0.1) is 13.8 Å². The van der Waals surface area contributed by atoms with Crippen molar-refractivity contribution in [3.63, 3.8) is 0 Å². The number of aryl methyl sites for hydroxylation is 2. The normalized spacial score (nSPS) is 17.5. The maximum atomic E-state index is 13.2. The Morgan fingerprint density at radius 1 is 1.04 bits per heavy atom. The Labute approximate surface area is 145 Å². The Bertz CT molecular complexity index is 714. The van der Waals surface area contributed by atoms with Crippen LogP contribution in [0.15, 0.2) is 48.5 Å². The zero-order valence-electron chi connectivity index (χ0n) is 14.9. The third-order valence-electron chi connectivity index (χ3n) is 5.46. The van der Waals surface area contributed by atoms with E-state index in [0.717, 1.165) is 31.2 Å². The Kier molecular flexibility index (Phi) is 4.75. The molecule has 0 unspecified atom stereocenters. The van der Waals surface area contributed by atoms with Gasteiger partial charge in [0, 0.05) is 0 Å². The molecule has 126 valence electrons. The first kappa shape index (κ1) is 16.8. The van der Waals surface area contributed by atoms with Gasteiger partial charge in [-0.1, -0.05) is 66.9 Å². The molecule has 2 heteroatoms. The Balaban J connectivity index is 1.84. The SMILES string of the molecule is Cc1ccc([C@H](C)NC(=O)C2(c3ccccc3)CCCC2)c(C)c1. The van der Waals surface area contributed by atoms with E-state index >= 15 is 0 Å². The highest BCUT2D eigenvalue weighted by Crippen LogP contribution is 2.41. The Morgan fingerprint density at radius 2 is 1.71 bits per heavy atom. The maximum Gasteiger partial charge on any atom is 0.231 e. The maximum absolute atomic E-state index is 13.2. The van der Waals surface area contributed by atoms with Crippen LogP contribution in [0.4, 0.5) is 0 Å². The van der Waals surface area contributed by atoms with Crippen molar-refractivity contribution in [3.8, 4) is 0 Å². The molecule has 1 N–H and O–H groups in total. The average molecular weight is 321 g/mol. The first-order chi connectivity index (χ1) is 11.5. The molecule has 0 radical (unpaired) electrons. The van der Waals surface area contributed by atoms with E-state index < -0.39 is 0 Å². The summed E-state index contributed by atoms with van der Waals surface area (Å²) in [4.78, 5) is 13.2. The molecule has 0 saturated heterocycles. The number of carbonyl (C=O) groups excluding carboxylic acids is 1. The summed E-state index contributed by atoms with van der Waals surface area (Å²) in [5.74, 6) is 0.179. The molecule has 0 aliphatic heterocycles. The molecule has 0 spiro atoms. The van der Waals surface area contributed by atoms with E-state index in [2.05, 4.69) is 56.4 Å². The number of hydrogen-bond donors (Lipinski definition) is 1. The fourth-order valence-corrected chi connectivity index (χ4v) is 4.11. The molecule has 2 nitrogen and oxygen atoms in total. The lowest BCUT2D eigenvalue weighted by Gasteiger charge is -2.30. The van der Waals surface area contributed by atoms with Crippen LogP contribution in [-0.4, -0.2) is 5.91 Å². The highest BCUT2D eigenvalue weighted by atomic mass is 16.2. The van der Waals surface area contributed by atoms with Crippen LogP contribution in [0.3, 0.4) is 0 Å². The summed E-state index contributed by atoms with van der Waals surface area (Å²) in [6.07, 6.45) is 4.14. The number of hydrogen-bond acceptors (Lipinski definition) is 1. The van der Waals surface area contributed by atoms with Crippen molar-refractivity contribution >= 4 is 5.91 Å². The Hall–Kier alpha value is -2.09. The summed E-state index contributed by atoms with van der Waals surface area (Å²) in [5.41, 5.74) is 4.51. The van der Waals surface area contributed by atoms with Crippen molar-refractivity contribution in [2.45, 2.75) is 57.9 Å². The van der Waals surface area contributed by atoms with Crippen molar-refractivity contribution in [1.82, 2.24) is 5.32 Å². The molecular weight excluding hydrogens is 294 g/mol. The summed E-state index contributed by atoms with van der Waals surface area (Å²) < 4.78 is 0. The van der Waals surface area contributed by atoms with Crippen LogP contribution in [0.25, 0.3) is 0 Å². The second kappa shape index (κ2) is 6.80. The molecule has 1 aliphatic rings. The van der Waals surface area contributed by atoms with Crippen molar-refractivity contribution < 1.29 is 4.79 Å². The lowest BCUT2D eigenvalue weighted by molar-refractivity contribution is -0.127. The molecule has 2 aromatic rings. The summed E-state index contributed by atoms with van der Waals surface area (Å²) in [6.45, 7) is 6.31. The highest BCUT2D eigenvalue weighted by Gasteiger charge is 2.42. The molecule has 24 heavy (non-hydrogen) atoms. The molecule has 0 bridgehead atoms. The number of rotatable bonds is 4. The molecule has 1 amide bonds. The van der Waals surface area contributed by atoms with Gasteiger partial charge in [-0.3, -0.25) is 4.79 Å². The molecule has 0 heterocycles. The molecule has 0 aromatic heterocycles. The van der Waals surface area contributed by atoms with E-state index in [0.29, 0.717) is 0 Å². The number of carbonyl (C=O) groups is 1. The van der Waals surface area contributed by atoms with Gasteiger partial charge in [-0.2, -0.15) is 0 Å². The minimum Gasteiger partial charge on any atom is -0.349 e. The fourth-order valence-electron chi connectivity index (χ4n) is 4.11. The van der Waals surface area contributed by atoms with Crippen molar-refractivity contribution in [3.05, 3.63) is 70.8 Å². The first-order valence-electron chi connectivity index (χ1n) is 8.96. The van der Waals surface area contributed by atoms with E-state index in [1.54, 1.807) is 0 Å². The quantitative estimate of drug-likeness (QED) is 0.844. The zero-order valence-corrected chi connectivity index (χ0v) is 14.9. The van der Waals surface area contributed by atoms with E-state index in [9.17, 15) is 4.79 Å². The molecule has 1 fully saturated rings. The zero-order chi connectivity index (χ0) is 17.2. The van der Waals surface area contributed by atoms with Crippen LogP contribution in [0.5, 0.6) is 0 Å². The lowest BCUT2D eigenvalue weighted by Crippen LogP contribution is -2.43. The van der Waals surface area contributed by atoms with Crippen molar-refractivity contribution in [1.29, 1.82) is 0 Å². The van der Waals surface area contributed by atoms with E-state index in [1.165, 1.54) is 16.7 Å². The topological polar surface area (TPSA) is 29.1 Å². The van der Waals surface area contributed by atoms with Crippen molar-refractivity contribution in [2.24, 2.45) is 0 Å². The smallest absolute Gasteiger partial charge is 0.231 e. The van der Waals surface area contributed by atoms with Gasteiger partial charge in [-0.05, 0) is 50.3 Å². The second-order valence-electron chi connectivity index (χ2n) is 7.21. The number of benzene rings is 2. The van der Waals surface area contributed by atoms with E-state index in [1.807, 2.05) is 18.2 Å². The van der Waals surface area contributed by atoms with Gasteiger partial charge in [0.2, 0.25) is 5.91 Å². The molecule has 1 atom stereocenters. The summed E-state index contributed by atoms with van der Waals surface area (Å²) in [7, 11) is 0. The molecule has 2 aromatic carbocycles. The minimum atomic E-state index is -0.353. The monoisotopic (exact) mass is 321 g/mol. The predicted octanol–water partition coefficient (Wildman–Crippen LogP) is 4.99. The van der Waals surface area contributed by atoms with Crippen LogP contribution < -0.4 is 5.32 Å². The fraction of sp³-hybridized carbons (Fsp3) is 0.409. The van der Waals surface area contributed by atoms with Gasteiger partial charge in [0.15, 0.2) is 0 Å². The van der Waals surface area contributed by atoms with Gasteiger partial charge in [-0.25, -0.2) is 0 Å². The summed E-state index contributed by atoms with van der Waals surface area (Å²) >= 11 is 0. The predicted molar refractivity (Wildman–Crippen MR) is 99.1 cm³/mol. The van der Waals surface area contributed by atoms with Crippen LogP contribution in [0.2, 0.25) is 0 Å².